The fourth-order valence-electron chi connectivity index (χ4n) is 6.61. The number of nitrogens with two attached hydrogens (primary N) is 2. The molecule has 6 heteroatoms. The van der Waals surface area contributed by atoms with Crippen LogP contribution in [0.15, 0.2) is 48.5 Å². The van der Waals surface area contributed by atoms with Crippen LogP contribution >= 0.6 is 0 Å². The Kier molecular flexibility index (Phi) is 8.16. The Bertz CT molecular complexity index is 981. The normalized spacial score (nSPS) is 28.3. The smallest absolute Gasteiger partial charge is 0.231 e. The predicted molar refractivity (Wildman–Crippen MR) is 147 cm³/mol. The molecule has 2 aliphatic carbocycles. The van der Waals surface area contributed by atoms with E-state index in [1.54, 1.807) is 0 Å². The van der Waals surface area contributed by atoms with Crippen LogP contribution in [0.25, 0.3) is 0 Å². The highest BCUT2D eigenvalue weighted by Crippen LogP contribution is 2.59. The second kappa shape index (κ2) is 11.1. The van der Waals surface area contributed by atoms with Crippen molar-refractivity contribution in [3.05, 3.63) is 59.7 Å². The topological polar surface area (TPSA) is 110 Å². The number of hydrogen-bond donors (Lipinski definition) is 4. The van der Waals surface area contributed by atoms with E-state index in [4.69, 9.17) is 11.5 Å². The molecule has 0 aromatic heterocycles. The molecule has 0 heterocycles. The molecular weight excluding hydrogens is 448 g/mol. The number of benzene rings is 2. The summed E-state index contributed by atoms with van der Waals surface area (Å²) in [5, 5.41) is 6.45. The van der Waals surface area contributed by atoms with Crippen LogP contribution in [0.1, 0.15) is 62.5 Å². The molecule has 2 aliphatic rings. The van der Waals surface area contributed by atoms with Gasteiger partial charge in [0.25, 0.3) is 0 Å². The SMILES string of the molecule is Cc1cccc(NC(=O)C2(C3(C(=O)Nc4cccc(C)c4)CCC(CN)CC3)CCC(CN)CC2)c1. The van der Waals surface area contributed by atoms with E-state index < -0.39 is 10.8 Å². The van der Waals surface area contributed by atoms with Gasteiger partial charge >= 0.3 is 0 Å². The number of nitrogens with one attached hydrogen (secondary N) is 2. The summed E-state index contributed by atoms with van der Waals surface area (Å²) in [6.45, 7) is 5.27. The zero-order chi connectivity index (χ0) is 25.8. The van der Waals surface area contributed by atoms with Crippen molar-refractivity contribution in [1.29, 1.82) is 0 Å². The van der Waals surface area contributed by atoms with Gasteiger partial charge in [-0.1, -0.05) is 24.3 Å². The molecule has 36 heavy (non-hydrogen) atoms. The van der Waals surface area contributed by atoms with Crippen LogP contribution in [0, 0.1) is 36.5 Å². The number of hydrogen-bond acceptors (Lipinski definition) is 4. The van der Waals surface area contributed by atoms with Crippen molar-refractivity contribution in [3.8, 4) is 0 Å². The lowest BCUT2D eigenvalue weighted by molar-refractivity contribution is -0.155. The number of carbonyl (C=O) groups excluding carboxylic acids is 2. The molecule has 6 nitrogen and oxygen atoms in total. The lowest BCUT2D eigenvalue weighted by atomic mass is 9.49. The molecule has 6 N–H and O–H groups in total. The highest BCUT2D eigenvalue weighted by molar-refractivity contribution is 6.04. The minimum absolute atomic E-state index is 0.0332. The molecule has 2 aromatic carbocycles. The summed E-state index contributed by atoms with van der Waals surface area (Å²) in [6, 6.07) is 15.8. The van der Waals surface area contributed by atoms with E-state index in [1.165, 1.54) is 0 Å². The fourth-order valence-corrected chi connectivity index (χ4v) is 6.61. The molecule has 0 spiro atoms. The van der Waals surface area contributed by atoms with Crippen LogP contribution in [0.2, 0.25) is 0 Å². The molecule has 194 valence electrons. The molecule has 0 unspecified atom stereocenters. The molecular formula is C30H42N4O2. The minimum atomic E-state index is -0.796. The second-order valence-electron chi connectivity index (χ2n) is 11.2. The molecule has 0 radical (unpaired) electrons. The Balaban J connectivity index is 1.74. The van der Waals surface area contributed by atoms with Gasteiger partial charge in [0.2, 0.25) is 11.8 Å². The van der Waals surface area contributed by atoms with Gasteiger partial charge in [0.05, 0.1) is 10.8 Å². The largest absolute Gasteiger partial charge is 0.330 e. The maximum absolute atomic E-state index is 14.3. The number of anilines is 2. The van der Waals surface area contributed by atoms with Gasteiger partial charge in [-0.2, -0.15) is 0 Å². The summed E-state index contributed by atoms with van der Waals surface area (Å²) < 4.78 is 0. The van der Waals surface area contributed by atoms with Crippen molar-refractivity contribution in [1.82, 2.24) is 0 Å². The first-order chi connectivity index (χ1) is 17.3. The van der Waals surface area contributed by atoms with Crippen LogP contribution in [0.3, 0.4) is 0 Å². The van der Waals surface area contributed by atoms with E-state index in [-0.39, 0.29) is 11.8 Å². The molecule has 0 atom stereocenters. The third-order valence-electron chi connectivity index (χ3n) is 8.92. The maximum Gasteiger partial charge on any atom is 0.231 e. The molecule has 0 aliphatic heterocycles. The number of amides is 2. The molecule has 4 rings (SSSR count). The Hall–Kier alpha value is -2.70. The van der Waals surface area contributed by atoms with Crippen LogP contribution in [0.4, 0.5) is 11.4 Å². The van der Waals surface area contributed by atoms with E-state index in [0.717, 1.165) is 48.2 Å². The van der Waals surface area contributed by atoms with E-state index in [9.17, 15) is 9.59 Å². The van der Waals surface area contributed by atoms with E-state index in [0.29, 0.717) is 50.6 Å². The van der Waals surface area contributed by atoms with Crippen molar-refractivity contribution in [3.63, 3.8) is 0 Å². The maximum atomic E-state index is 14.3. The third-order valence-corrected chi connectivity index (χ3v) is 8.92. The first-order valence-corrected chi connectivity index (χ1v) is 13.5. The van der Waals surface area contributed by atoms with E-state index in [2.05, 4.69) is 10.6 Å². The van der Waals surface area contributed by atoms with Crippen LogP contribution in [0.5, 0.6) is 0 Å². The molecule has 2 aromatic rings. The first-order valence-electron chi connectivity index (χ1n) is 13.5. The summed E-state index contributed by atoms with van der Waals surface area (Å²) in [5.41, 5.74) is 14.2. The van der Waals surface area contributed by atoms with Gasteiger partial charge in [0, 0.05) is 11.4 Å². The van der Waals surface area contributed by atoms with E-state index in [1.807, 2.05) is 62.4 Å². The van der Waals surface area contributed by atoms with Gasteiger partial charge in [-0.3, -0.25) is 9.59 Å². The highest BCUT2D eigenvalue weighted by atomic mass is 16.2. The Labute approximate surface area is 215 Å². The standard InChI is InChI=1S/C30H42N4O2/c1-21-5-3-7-25(17-21)33-27(35)29(13-9-23(19-31)10-14-29)30(15-11-24(20-32)12-16-30)28(36)34-26-8-4-6-22(2)18-26/h3-8,17-18,23-24H,9-16,19-20,31-32H2,1-2H3,(H,33,35)(H,34,36). The Morgan fingerprint density at radius 2 is 1.08 bits per heavy atom. The molecule has 2 saturated carbocycles. The van der Waals surface area contributed by atoms with Gasteiger partial charge in [0.1, 0.15) is 0 Å². The van der Waals surface area contributed by atoms with Crippen LogP contribution in [-0.4, -0.2) is 24.9 Å². The summed E-state index contributed by atoms with van der Waals surface area (Å²) in [6.07, 6.45) is 6.11. The van der Waals surface area contributed by atoms with Gasteiger partial charge in [-0.05, 0) is 126 Å². The summed E-state index contributed by atoms with van der Waals surface area (Å²) in [4.78, 5) is 28.6. The lowest BCUT2D eigenvalue weighted by Crippen LogP contribution is -2.59. The van der Waals surface area contributed by atoms with Crippen molar-refractivity contribution < 1.29 is 9.59 Å². The zero-order valence-corrected chi connectivity index (χ0v) is 21.8. The average molecular weight is 491 g/mol. The van der Waals surface area contributed by atoms with Crippen molar-refractivity contribution in [2.24, 2.45) is 34.1 Å². The summed E-state index contributed by atoms with van der Waals surface area (Å²) in [5.74, 6) is 0.715. The summed E-state index contributed by atoms with van der Waals surface area (Å²) >= 11 is 0. The van der Waals surface area contributed by atoms with Crippen molar-refractivity contribution >= 4 is 23.2 Å². The molecule has 0 bridgehead atoms. The van der Waals surface area contributed by atoms with Crippen molar-refractivity contribution in [2.75, 3.05) is 23.7 Å². The Morgan fingerprint density at radius 3 is 1.39 bits per heavy atom. The van der Waals surface area contributed by atoms with Gasteiger partial charge in [-0.25, -0.2) is 0 Å². The average Bonchev–Trinajstić information content (AvgIpc) is 2.88. The molecule has 2 fully saturated rings. The number of aryl methyl sites for hydroxylation is 2. The van der Waals surface area contributed by atoms with Crippen molar-refractivity contribution in [2.45, 2.75) is 65.2 Å². The predicted octanol–water partition coefficient (Wildman–Crippen LogP) is 5.15. The number of rotatable bonds is 7. The molecule has 0 saturated heterocycles. The Morgan fingerprint density at radius 1 is 0.722 bits per heavy atom. The van der Waals surface area contributed by atoms with Gasteiger partial charge in [-0.15, -0.1) is 0 Å². The minimum Gasteiger partial charge on any atom is -0.330 e. The third kappa shape index (κ3) is 5.21. The summed E-state index contributed by atoms with van der Waals surface area (Å²) in [7, 11) is 0. The highest BCUT2D eigenvalue weighted by Gasteiger charge is 2.61. The first kappa shape index (κ1) is 26.4. The van der Waals surface area contributed by atoms with Crippen LogP contribution in [-0.2, 0) is 9.59 Å². The quantitative estimate of drug-likeness (QED) is 0.430. The fraction of sp³-hybridized carbons (Fsp3) is 0.533. The number of carbonyl (C=O) groups is 2. The zero-order valence-electron chi connectivity index (χ0n) is 21.8. The van der Waals surface area contributed by atoms with E-state index >= 15 is 0 Å². The second-order valence-corrected chi connectivity index (χ2v) is 11.2. The van der Waals surface area contributed by atoms with Gasteiger partial charge < -0.3 is 22.1 Å². The monoisotopic (exact) mass is 490 g/mol. The molecule has 2 amide bonds. The van der Waals surface area contributed by atoms with Crippen LogP contribution < -0.4 is 22.1 Å². The lowest BCUT2D eigenvalue weighted by Gasteiger charge is -2.54. The van der Waals surface area contributed by atoms with Gasteiger partial charge in [0.15, 0.2) is 0 Å².